The van der Waals surface area contributed by atoms with Crippen LogP contribution in [0, 0.1) is 13.8 Å². The van der Waals surface area contributed by atoms with Crippen molar-refractivity contribution in [3.05, 3.63) is 23.3 Å². The number of carbonyl (C=O) groups is 1. The highest BCUT2D eigenvalue weighted by Crippen LogP contribution is 2.25. The Morgan fingerprint density at radius 2 is 2.00 bits per heavy atom. The van der Waals surface area contributed by atoms with E-state index in [1.807, 2.05) is 19.9 Å². The van der Waals surface area contributed by atoms with Gasteiger partial charge in [-0.1, -0.05) is 6.07 Å². The number of nitrogen functional groups attached to an aromatic ring is 1. The number of rotatable bonds is 1. The van der Waals surface area contributed by atoms with Crippen molar-refractivity contribution in [1.82, 2.24) is 5.32 Å². The quantitative estimate of drug-likeness (QED) is 0.593. The molecule has 0 aliphatic rings. The molecule has 1 aromatic carbocycles. The molecule has 4 heteroatoms. The van der Waals surface area contributed by atoms with Crippen LogP contribution in [0.1, 0.15) is 11.1 Å². The minimum absolute atomic E-state index is 0.259. The van der Waals surface area contributed by atoms with Crippen LogP contribution in [0.15, 0.2) is 12.1 Å². The number of carbonyl (C=O) groups excluding carboxylic acids is 1. The zero-order valence-electron chi connectivity index (χ0n) is 8.64. The molecule has 2 amide bonds. The van der Waals surface area contributed by atoms with E-state index in [4.69, 9.17) is 5.73 Å². The van der Waals surface area contributed by atoms with E-state index in [-0.39, 0.29) is 6.03 Å². The van der Waals surface area contributed by atoms with Crippen LogP contribution in [0.5, 0.6) is 0 Å². The van der Waals surface area contributed by atoms with Gasteiger partial charge in [0.2, 0.25) is 0 Å². The Balaban J connectivity index is 3.06. The minimum atomic E-state index is -0.259. The zero-order valence-corrected chi connectivity index (χ0v) is 8.64. The summed E-state index contributed by atoms with van der Waals surface area (Å²) in [4.78, 5) is 11.1. The van der Waals surface area contributed by atoms with Gasteiger partial charge in [-0.25, -0.2) is 4.79 Å². The Labute approximate surface area is 83.5 Å². The predicted octanol–water partition coefficient (Wildman–Crippen LogP) is 1.64. The first-order valence-electron chi connectivity index (χ1n) is 4.40. The first-order chi connectivity index (χ1) is 6.56. The largest absolute Gasteiger partial charge is 0.397 e. The van der Waals surface area contributed by atoms with Crippen molar-refractivity contribution in [2.45, 2.75) is 13.8 Å². The van der Waals surface area contributed by atoms with Gasteiger partial charge in [0.25, 0.3) is 0 Å². The molecule has 0 aromatic heterocycles. The molecule has 0 aliphatic carbocycles. The fraction of sp³-hybridized carbons (Fsp3) is 0.300. The van der Waals surface area contributed by atoms with E-state index in [0.717, 1.165) is 11.1 Å². The second-order valence-electron chi connectivity index (χ2n) is 3.18. The summed E-state index contributed by atoms with van der Waals surface area (Å²) in [6.45, 7) is 3.90. The van der Waals surface area contributed by atoms with E-state index in [0.29, 0.717) is 11.4 Å². The molecule has 4 nitrogen and oxygen atoms in total. The number of nitrogens with one attached hydrogen (secondary N) is 2. The average molecular weight is 193 g/mol. The van der Waals surface area contributed by atoms with Crippen molar-refractivity contribution in [3.63, 3.8) is 0 Å². The number of anilines is 2. The maximum absolute atomic E-state index is 11.1. The third kappa shape index (κ3) is 1.96. The van der Waals surface area contributed by atoms with E-state index in [9.17, 15) is 4.79 Å². The zero-order chi connectivity index (χ0) is 10.7. The van der Waals surface area contributed by atoms with Crippen molar-refractivity contribution >= 4 is 17.4 Å². The summed E-state index contributed by atoms with van der Waals surface area (Å²) >= 11 is 0. The van der Waals surface area contributed by atoms with Crippen LogP contribution in [-0.4, -0.2) is 13.1 Å². The topological polar surface area (TPSA) is 67.2 Å². The Morgan fingerprint density at radius 3 is 2.57 bits per heavy atom. The number of hydrogen-bond acceptors (Lipinski definition) is 2. The normalized spacial score (nSPS) is 9.64. The lowest BCUT2D eigenvalue weighted by atomic mass is 10.1. The van der Waals surface area contributed by atoms with Gasteiger partial charge in [-0.05, 0) is 31.0 Å². The van der Waals surface area contributed by atoms with Gasteiger partial charge in [-0.15, -0.1) is 0 Å². The lowest BCUT2D eigenvalue weighted by molar-refractivity contribution is 0.254. The summed E-state index contributed by atoms with van der Waals surface area (Å²) in [5.41, 5.74) is 9.11. The van der Waals surface area contributed by atoms with Crippen LogP contribution in [0.4, 0.5) is 16.2 Å². The van der Waals surface area contributed by atoms with Gasteiger partial charge in [0.1, 0.15) is 0 Å². The molecule has 14 heavy (non-hydrogen) atoms. The number of aryl methyl sites for hydroxylation is 1. The first kappa shape index (κ1) is 10.4. The average Bonchev–Trinajstić information content (AvgIpc) is 2.18. The Bertz CT molecular complexity index is 361. The standard InChI is InChI=1S/C10H15N3O/c1-6-4-5-8(11)9(7(6)2)13-10(14)12-3/h4-5H,11H2,1-3H3,(H2,12,13,14). The van der Waals surface area contributed by atoms with Gasteiger partial charge in [-0.2, -0.15) is 0 Å². The third-order valence-corrected chi connectivity index (χ3v) is 2.23. The highest BCUT2D eigenvalue weighted by molar-refractivity contribution is 5.93. The summed E-state index contributed by atoms with van der Waals surface area (Å²) in [5.74, 6) is 0. The Kier molecular flexibility index (Phi) is 2.96. The van der Waals surface area contributed by atoms with E-state index in [1.165, 1.54) is 0 Å². The Hall–Kier alpha value is -1.71. The first-order valence-corrected chi connectivity index (χ1v) is 4.40. The fourth-order valence-electron chi connectivity index (χ4n) is 1.18. The second-order valence-corrected chi connectivity index (χ2v) is 3.18. The number of nitrogens with two attached hydrogens (primary N) is 1. The van der Waals surface area contributed by atoms with Crippen LogP contribution in [-0.2, 0) is 0 Å². The molecule has 4 N–H and O–H groups in total. The second kappa shape index (κ2) is 4.00. The molecule has 0 radical (unpaired) electrons. The van der Waals surface area contributed by atoms with Crippen molar-refractivity contribution in [3.8, 4) is 0 Å². The SMILES string of the molecule is CNC(=O)Nc1c(N)ccc(C)c1C. The van der Waals surface area contributed by atoms with Crippen molar-refractivity contribution in [1.29, 1.82) is 0 Å². The molecule has 76 valence electrons. The number of benzene rings is 1. The summed E-state index contributed by atoms with van der Waals surface area (Å²) in [5, 5.41) is 5.18. The number of hydrogen-bond donors (Lipinski definition) is 3. The van der Waals surface area contributed by atoms with Gasteiger partial charge < -0.3 is 16.4 Å². The molecule has 0 fully saturated rings. The molecular weight excluding hydrogens is 178 g/mol. The van der Waals surface area contributed by atoms with E-state index in [2.05, 4.69) is 10.6 Å². The maximum atomic E-state index is 11.1. The van der Waals surface area contributed by atoms with Crippen LogP contribution in [0.2, 0.25) is 0 Å². The molecule has 0 spiro atoms. The summed E-state index contributed by atoms with van der Waals surface area (Å²) < 4.78 is 0. The molecule has 0 atom stereocenters. The predicted molar refractivity (Wildman–Crippen MR) is 58.4 cm³/mol. The lowest BCUT2D eigenvalue weighted by Gasteiger charge is -2.12. The summed E-state index contributed by atoms with van der Waals surface area (Å²) in [6.07, 6.45) is 0. The van der Waals surface area contributed by atoms with Crippen LogP contribution in [0.25, 0.3) is 0 Å². The third-order valence-electron chi connectivity index (χ3n) is 2.23. The van der Waals surface area contributed by atoms with Crippen molar-refractivity contribution in [2.24, 2.45) is 0 Å². The van der Waals surface area contributed by atoms with Gasteiger partial charge in [0, 0.05) is 7.05 Å². The highest BCUT2D eigenvalue weighted by atomic mass is 16.2. The number of urea groups is 1. The van der Waals surface area contributed by atoms with Gasteiger partial charge >= 0.3 is 6.03 Å². The molecule has 0 heterocycles. The molecule has 0 unspecified atom stereocenters. The van der Waals surface area contributed by atoms with E-state index in [1.54, 1.807) is 13.1 Å². The molecule has 1 aromatic rings. The molecule has 0 saturated heterocycles. The van der Waals surface area contributed by atoms with Crippen LogP contribution >= 0.6 is 0 Å². The number of amides is 2. The highest BCUT2D eigenvalue weighted by Gasteiger charge is 2.07. The molecule has 1 rings (SSSR count). The molecule has 0 saturated carbocycles. The molecule has 0 bridgehead atoms. The van der Waals surface area contributed by atoms with Crippen LogP contribution < -0.4 is 16.4 Å². The maximum Gasteiger partial charge on any atom is 0.319 e. The lowest BCUT2D eigenvalue weighted by Crippen LogP contribution is -2.25. The van der Waals surface area contributed by atoms with E-state index < -0.39 is 0 Å². The summed E-state index contributed by atoms with van der Waals surface area (Å²) in [7, 11) is 1.57. The van der Waals surface area contributed by atoms with E-state index >= 15 is 0 Å². The van der Waals surface area contributed by atoms with Crippen molar-refractivity contribution in [2.75, 3.05) is 18.1 Å². The van der Waals surface area contributed by atoms with Gasteiger partial charge in [0.15, 0.2) is 0 Å². The smallest absolute Gasteiger partial charge is 0.319 e. The van der Waals surface area contributed by atoms with Crippen molar-refractivity contribution < 1.29 is 4.79 Å². The minimum Gasteiger partial charge on any atom is -0.397 e. The van der Waals surface area contributed by atoms with Crippen LogP contribution in [0.3, 0.4) is 0 Å². The molecule has 0 aliphatic heterocycles. The van der Waals surface area contributed by atoms with Gasteiger partial charge in [-0.3, -0.25) is 0 Å². The van der Waals surface area contributed by atoms with Gasteiger partial charge in [0.05, 0.1) is 11.4 Å². The Morgan fingerprint density at radius 1 is 1.36 bits per heavy atom. The molecular formula is C10H15N3O. The fourth-order valence-corrected chi connectivity index (χ4v) is 1.18. The monoisotopic (exact) mass is 193 g/mol. The summed E-state index contributed by atoms with van der Waals surface area (Å²) in [6, 6.07) is 3.46.